The van der Waals surface area contributed by atoms with Gasteiger partial charge >= 0.3 is 0 Å². The molecule has 1 aliphatic rings. The van der Waals surface area contributed by atoms with Crippen molar-refractivity contribution in [1.82, 2.24) is 15.4 Å². The number of carbonyl (C=O) groups is 1. The molecular weight excluding hydrogens is 434 g/mol. The van der Waals surface area contributed by atoms with Crippen molar-refractivity contribution >= 4 is 37.3 Å². The monoisotopic (exact) mass is 459 g/mol. The zero-order valence-electron chi connectivity index (χ0n) is 17.9. The van der Waals surface area contributed by atoms with Crippen LogP contribution in [0, 0.1) is 29.6 Å². The smallest absolute Gasteiger partial charge is 0.264 e. The van der Waals surface area contributed by atoms with Crippen molar-refractivity contribution in [3.63, 3.8) is 0 Å². The van der Waals surface area contributed by atoms with E-state index in [4.69, 9.17) is 5.21 Å². The van der Waals surface area contributed by atoms with Crippen LogP contribution in [0.5, 0.6) is 0 Å². The lowest BCUT2D eigenvalue weighted by Gasteiger charge is -2.40. The molecule has 1 fully saturated rings. The fourth-order valence-electron chi connectivity index (χ4n) is 3.28. The van der Waals surface area contributed by atoms with Crippen molar-refractivity contribution in [3.05, 3.63) is 28.8 Å². The third kappa shape index (κ3) is 4.91. The Hall–Kier alpha value is -2.43. The molecule has 2 aromatic rings. The number of hydrogen-bond acceptors (Lipinski definition) is 7. The molecule has 1 amide bonds. The highest BCUT2D eigenvalue weighted by atomic mass is 32.2. The Morgan fingerprint density at radius 3 is 2.77 bits per heavy atom. The van der Waals surface area contributed by atoms with Gasteiger partial charge in [0.05, 0.1) is 15.2 Å². The fourth-order valence-corrected chi connectivity index (χ4v) is 5.15. The van der Waals surface area contributed by atoms with Gasteiger partial charge in [0.25, 0.3) is 5.91 Å². The highest BCUT2D eigenvalue weighted by molar-refractivity contribution is 7.92. The summed E-state index contributed by atoms with van der Waals surface area (Å²) in [6, 6.07) is 6.14. The van der Waals surface area contributed by atoms with E-state index >= 15 is 0 Å². The first-order valence-electron chi connectivity index (χ1n) is 9.80. The Morgan fingerprint density at radius 1 is 1.42 bits per heavy atom. The molecule has 1 aromatic heterocycles. The van der Waals surface area contributed by atoms with Crippen LogP contribution in [0.4, 0.5) is 0 Å². The minimum atomic E-state index is -3.74. The lowest BCUT2D eigenvalue weighted by molar-refractivity contribution is -0.131. The molecule has 2 N–H and O–H groups in total. The molecular formula is C22H25N3O4S2. The molecule has 31 heavy (non-hydrogen) atoms. The number of hydrogen-bond donors (Lipinski definition) is 2. The Morgan fingerprint density at radius 2 is 2.16 bits per heavy atom. The average Bonchev–Trinajstić information content (AvgIpc) is 3.14. The van der Waals surface area contributed by atoms with Crippen LogP contribution >= 0.6 is 11.3 Å². The van der Waals surface area contributed by atoms with E-state index < -0.39 is 20.5 Å². The summed E-state index contributed by atoms with van der Waals surface area (Å²) in [6.45, 7) is 4.43. The normalized spacial score (nSPS) is 20.5. The van der Waals surface area contributed by atoms with E-state index in [1.807, 2.05) is 18.2 Å². The van der Waals surface area contributed by atoms with Crippen molar-refractivity contribution in [2.45, 2.75) is 37.5 Å². The standard InChI is InChI=1S/C22H25N3O4S2/c1-15-17(14-25(15)3)8-6-5-7-16-9-10-18-19(13-16)30-20(23-18)11-12-22(2,21(26)24-27)31(4,28)29/h9-10,13,15,17,27H,11-12,14H2,1-4H3,(H,24,26)/t15-,17+,22-/m1/s1. The number of nitrogens with one attached hydrogen (secondary N) is 1. The molecule has 3 rings (SSSR count). The molecule has 0 saturated carbocycles. The number of amides is 1. The van der Waals surface area contributed by atoms with E-state index in [1.54, 1.807) is 0 Å². The molecule has 1 saturated heterocycles. The third-order valence-electron chi connectivity index (χ3n) is 5.94. The zero-order chi connectivity index (χ0) is 22.8. The molecule has 1 aliphatic heterocycles. The first-order chi connectivity index (χ1) is 14.5. The van der Waals surface area contributed by atoms with E-state index in [0.29, 0.717) is 17.0 Å². The second-order valence-electron chi connectivity index (χ2n) is 8.04. The summed E-state index contributed by atoms with van der Waals surface area (Å²) in [5.41, 5.74) is 3.08. The molecule has 164 valence electrons. The summed E-state index contributed by atoms with van der Waals surface area (Å²) in [5, 5.41) is 9.65. The first kappa shape index (κ1) is 23.2. The van der Waals surface area contributed by atoms with E-state index in [2.05, 4.69) is 47.5 Å². The van der Waals surface area contributed by atoms with Crippen LogP contribution < -0.4 is 5.48 Å². The highest BCUT2D eigenvalue weighted by Gasteiger charge is 2.43. The number of thiazole rings is 1. The number of rotatable bonds is 5. The van der Waals surface area contributed by atoms with Crippen molar-refractivity contribution in [2.24, 2.45) is 5.92 Å². The molecule has 0 unspecified atom stereocenters. The Bertz CT molecular complexity index is 1230. The summed E-state index contributed by atoms with van der Waals surface area (Å²) in [7, 11) is -1.66. The van der Waals surface area contributed by atoms with Gasteiger partial charge < -0.3 is 4.90 Å². The minimum absolute atomic E-state index is 0.00901. The van der Waals surface area contributed by atoms with Crippen LogP contribution in [0.2, 0.25) is 0 Å². The van der Waals surface area contributed by atoms with Crippen LogP contribution in [0.3, 0.4) is 0 Å². The van der Waals surface area contributed by atoms with Crippen LogP contribution in [0.1, 0.15) is 30.8 Å². The predicted octanol–water partition coefficient (Wildman–Crippen LogP) is 1.84. The summed E-state index contributed by atoms with van der Waals surface area (Å²) in [6.07, 6.45) is 1.28. The number of nitrogens with zero attached hydrogens (tertiary/aromatic N) is 2. The van der Waals surface area contributed by atoms with Crippen molar-refractivity contribution in [3.8, 4) is 23.7 Å². The summed E-state index contributed by atoms with van der Waals surface area (Å²) >= 11 is 1.43. The van der Waals surface area contributed by atoms with Gasteiger partial charge in [0.1, 0.15) is 4.75 Å². The van der Waals surface area contributed by atoms with Crippen LogP contribution in [-0.2, 0) is 21.1 Å². The molecule has 1 aromatic carbocycles. The second kappa shape index (κ2) is 8.97. The maximum atomic E-state index is 12.1. The molecule has 2 heterocycles. The van der Waals surface area contributed by atoms with Crippen LogP contribution in [-0.4, -0.2) is 60.1 Å². The second-order valence-corrected chi connectivity index (χ2v) is 11.6. The maximum Gasteiger partial charge on any atom is 0.264 e. The lowest BCUT2D eigenvalue weighted by atomic mass is 9.91. The van der Waals surface area contributed by atoms with Gasteiger partial charge in [-0.3, -0.25) is 10.0 Å². The lowest BCUT2D eigenvalue weighted by Crippen LogP contribution is -2.51. The first-order valence-corrected chi connectivity index (χ1v) is 12.5. The molecule has 0 radical (unpaired) electrons. The van der Waals surface area contributed by atoms with Crippen molar-refractivity contribution in [1.29, 1.82) is 0 Å². The Balaban J connectivity index is 1.72. The summed E-state index contributed by atoms with van der Waals surface area (Å²) in [5.74, 6) is 11.5. The largest absolute Gasteiger partial charge is 0.301 e. The molecule has 0 spiro atoms. The van der Waals surface area contributed by atoms with E-state index in [9.17, 15) is 13.2 Å². The topological polar surface area (TPSA) is 99.6 Å². The average molecular weight is 460 g/mol. The van der Waals surface area contributed by atoms with Gasteiger partial charge in [-0.2, -0.15) is 0 Å². The van der Waals surface area contributed by atoms with Gasteiger partial charge in [0.15, 0.2) is 9.84 Å². The number of hydroxylamine groups is 1. The number of aromatic nitrogens is 1. The van der Waals surface area contributed by atoms with E-state index in [0.717, 1.165) is 28.6 Å². The molecule has 0 aliphatic carbocycles. The number of likely N-dealkylation sites (tertiary alicyclic amines) is 1. The number of carbonyl (C=O) groups excluding carboxylic acids is 1. The van der Waals surface area contributed by atoms with Crippen LogP contribution in [0.25, 0.3) is 10.2 Å². The summed E-state index contributed by atoms with van der Waals surface area (Å²) in [4.78, 5) is 18.7. The Labute approximate surface area is 186 Å². The van der Waals surface area contributed by atoms with Crippen LogP contribution in [0.15, 0.2) is 18.2 Å². The number of aryl methyl sites for hydroxylation is 1. The van der Waals surface area contributed by atoms with Crippen molar-refractivity contribution in [2.75, 3.05) is 19.8 Å². The van der Waals surface area contributed by atoms with E-state index in [1.165, 1.54) is 23.7 Å². The predicted molar refractivity (Wildman–Crippen MR) is 121 cm³/mol. The van der Waals surface area contributed by atoms with Crippen molar-refractivity contribution < 1.29 is 18.4 Å². The zero-order valence-corrected chi connectivity index (χ0v) is 19.5. The molecule has 9 heteroatoms. The van der Waals surface area contributed by atoms with Gasteiger partial charge in [0.2, 0.25) is 0 Å². The third-order valence-corrected chi connectivity index (χ3v) is 9.04. The van der Waals surface area contributed by atoms with Gasteiger partial charge in [-0.05, 0) is 57.4 Å². The molecule has 7 nitrogen and oxygen atoms in total. The quantitative estimate of drug-likeness (QED) is 0.402. The number of benzene rings is 1. The molecule has 0 bridgehead atoms. The van der Waals surface area contributed by atoms with E-state index in [-0.39, 0.29) is 12.8 Å². The minimum Gasteiger partial charge on any atom is -0.301 e. The summed E-state index contributed by atoms with van der Waals surface area (Å²) < 4.78 is 23.4. The van der Waals surface area contributed by atoms with Gasteiger partial charge in [-0.15, -0.1) is 11.3 Å². The maximum absolute atomic E-state index is 12.1. The van der Waals surface area contributed by atoms with Gasteiger partial charge in [0, 0.05) is 36.7 Å². The highest BCUT2D eigenvalue weighted by Crippen LogP contribution is 2.28. The Kier molecular flexibility index (Phi) is 6.73. The fraction of sp³-hybridized carbons (Fsp3) is 0.455. The SMILES string of the molecule is C[C@@H]1[C@@H](C#CC#Cc2ccc3nc(CC[C@](C)(C(=O)NO)S(C)(=O)=O)sc3c2)CN1C. The van der Waals surface area contributed by atoms with Gasteiger partial charge in [-0.25, -0.2) is 18.9 Å². The molecule has 3 atom stereocenters. The van der Waals surface area contributed by atoms with Gasteiger partial charge in [-0.1, -0.05) is 11.8 Å². The number of sulfone groups is 1. The number of fused-ring (bicyclic) bond motifs is 1.